The van der Waals surface area contributed by atoms with Gasteiger partial charge in [-0.2, -0.15) is 11.8 Å². The summed E-state index contributed by atoms with van der Waals surface area (Å²) in [4.78, 5) is 11.1. The first-order valence-corrected chi connectivity index (χ1v) is 7.83. The van der Waals surface area contributed by atoms with E-state index >= 15 is 0 Å². The van der Waals surface area contributed by atoms with E-state index in [2.05, 4.69) is 25.5 Å². The normalized spacial score (nSPS) is 29.1. The van der Waals surface area contributed by atoms with Gasteiger partial charge >= 0.3 is 5.97 Å². The summed E-state index contributed by atoms with van der Waals surface area (Å²) < 4.78 is 4.66. The quantitative estimate of drug-likeness (QED) is 0.800. The molecule has 1 aliphatic carbocycles. The fourth-order valence-corrected chi connectivity index (χ4v) is 3.87. The Hall–Kier alpha value is -0.220. The molecule has 0 saturated heterocycles. The van der Waals surface area contributed by atoms with Crippen LogP contribution in [0.1, 0.15) is 46.5 Å². The Balaban J connectivity index is 2.40. The fraction of sp³-hybridized carbons (Fsp3) is 0.929. The molecule has 1 rings (SSSR count). The van der Waals surface area contributed by atoms with Gasteiger partial charge in [0.1, 0.15) is 0 Å². The predicted molar refractivity (Wildman–Crippen MR) is 77.7 cm³/mol. The molecule has 1 saturated carbocycles. The maximum absolute atomic E-state index is 11.1. The molecule has 0 amide bonds. The molecule has 1 aliphatic rings. The summed E-state index contributed by atoms with van der Waals surface area (Å²) in [5.41, 5.74) is 6.56. The third kappa shape index (κ3) is 4.81. The Kier molecular flexibility index (Phi) is 5.99. The van der Waals surface area contributed by atoms with Gasteiger partial charge < -0.3 is 10.5 Å². The highest BCUT2D eigenvalue weighted by molar-refractivity contribution is 7.99. The maximum Gasteiger partial charge on any atom is 0.306 e. The number of carbonyl (C=O) groups excluding carboxylic acids is 1. The standard InChI is InChI=1S/C14H27NO2S/c1-14(2,3)10-5-6-11(15)12(9-10)18-8-7-13(16)17-4/h10-12H,5-9,15H2,1-4H3. The molecule has 2 N–H and O–H groups in total. The Morgan fingerprint density at radius 3 is 2.61 bits per heavy atom. The second-order valence-electron chi connectivity index (χ2n) is 6.28. The maximum atomic E-state index is 11.1. The molecule has 3 nitrogen and oxygen atoms in total. The van der Waals surface area contributed by atoms with Gasteiger partial charge in [-0.25, -0.2) is 0 Å². The van der Waals surface area contributed by atoms with Crippen LogP contribution >= 0.6 is 11.8 Å². The summed E-state index contributed by atoms with van der Waals surface area (Å²) in [7, 11) is 1.44. The third-order valence-electron chi connectivity index (χ3n) is 3.93. The Morgan fingerprint density at radius 2 is 2.06 bits per heavy atom. The average molecular weight is 273 g/mol. The molecule has 0 aromatic rings. The zero-order chi connectivity index (χ0) is 13.8. The summed E-state index contributed by atoms with van der Waals surface area (Å²) in [5.74, 6) is 1.44. The molecule has 18 heavy (non-hydrogen) atoms. The number of hydrogen-bond donors (Lipinski definition) is 1. The molecule has 4 heteroatoms. The number of hydrogen-bond acceptors (Lipinski definition) is 4. The van der Waals surface area contributed by atoms with Gasteiger partial charge in [-0.3, -0.25) is 4.79 Å². The highest BCUT2D eigenvalue weighted by Crippen LogP contribution is 2.41. The van der Waals surface area contributed by atoms with Crippen molar-refractivity contribution in [2.75, 3.05) is 12.9 Å². The summed E-state index contributed by atoms with van der Waals surface area (Å²) in [6.07, 6.45) is 4.01. The van der Waals surface area contributed by atoms with Crippen LogP contribution in [-0.4, -0.2) is 30.1 Å². The molecule has 0 aliphatic heterocycles. The molecular formula is C14H27NO2S. The molecule has 0 spiro atoms. The second kappa shape index (κ2) is 6.80. The summed E-state index contributed by atoms with van der Waals surface area (Å²) in [6.45, 7) is 6.93. The zero-order valence-electron chi connectivity index (χ0n) is 12.1. The molecule has 3 atom stereocenters. The van der Waals surface area contributed by atoms with Gasteiger partial charge in [0.05, 0.1) is 13.5 Å². The Bertz CT molecular complexity index is 275. The molecule has 0 heterocycles. The van der Waals surface area contributed by atoms with Crippen LogP contribution in [0.5, 0.6) is 0 Å². The highest BCUT2D eigenvalue weighted by Gasteiger charge is 2.34. The van der Waals surface area contributed by atoms with Crippen LogP contribution in [0.4, 0.5) is 0 Å². The van der Waals surface area contributed by atoms with Gasteiger partial charge in [0.25, 0.3) is 0 Å². The van der Waals surface area contributed by atoms with Crippen molar-refractivity contribution in [3.8, 4) is 0 Å². The van der Waals surface area contributed by atoms with Crippen molar-refractivity contribution in [2.45, 2.75) is 57.7 Å². The number of thioether (sulfide) groups is 1. The molecule has 0 bridgehead atoms. The molecule has 3 unspecified atom stereocenters. The minimum absolute atomic E-state index is 0.126. The number of carbonyl (C=O) groups is 1. The topological polar surface area (TPSA) is 52.3 Å². The van der Waals surface area contributed by atoms with Crippen LogP contribution in [0, 0.1) is 11.3 Å². The number of nitrogens with two attached hydrogens (primary N) is 1. The van der Waals surface area contributed by atoms with Gasteiger partial charge in [0.15, 0.2) is 0 Å². The van der Waals surface area contributed by atoms with E-state index in [1.165, 1.54) is 20.0 Å². The van der Waals surface area contributed by atoms with Crippen LogP contribution in [-0.2, 0) is 9.53 Å². The predicted octanol–water partition coefficient (Wildman–Crippen LogP) is 2.82. The van der Waals surface area contributed by atoms with E-state index in [9.17, 15) is 4.79 Å². The van der Waals surface area contributed by atoms with E-state index in [1.54, 1.807) is 0 Å². The summed E-state index contributed by atoms with van der Waals surface area (Å²) >= 11 is 1.84. The largest absolute Gasteiger partial charge is 0.469 e. The van der Waals surface area contributed by atoms with E-state index < -0.39 is 0 Å². The van der Waals surface area contributed by atoms with Gasteiger partial charge in [-0.15, -0.1) is 0 Å². The second-order valence-corrected chi connectivity index (χ2v) is 7.62. The van der Waals surface area contributed by atoms with Crippen LogP contribution in [0.2, 0.25) is 0 Å². The van der Waals surface area contributed by atoms with Crippen molar-refractivity contribution in [1.82, 2.24) is 0 Å². The zero-order valence-corrected chi connectivity index (χ0v) is 12.9. The van der Waals surface area contributed by atoms with Crippen molar-refractivity contribution >= 4 is 17.7 Å². The monoisotopic (exact) mass is 273 g/mol. The van der Waals surface area contributed by atoms with E-state index in [0.717, 1.165) is 18.1 Å². The van der Waals surface area contributed by atoms with Gasteiger partial charge in [-0.05, 0) is 30.6 Å². The highest BCUT2D eigenvalue weighted by atomic mass is 32.2. The van der Waals surface area contributed by atoms with Gasteiger partial charge in [0.2, 0.25) is 0 Å². The first-order chi connectivity index (χ1) is 8.34. The van der Waals surface area contributed by atoms with Gasteiger partial charge in [-0.1, -0.05) is 20.8 Å². The van der Waals surface area contributed by atoms with Crippen LogP contribution < -0.4 is 5.73 Å². The van der Waals surface area contributed by atoms with Crippen LogP contribution in [0.15, 0.2) is 0 Å². The molecule has 1 fully saturated rings. The SMILES string of the molecule is COC(=O)CCSC1CC(C(C)(C)C)CCC1N. The minimum Gasteiger partial charge on any atom is -0.469 e. The van der Waals surface area contributed by atoms with Crippen LogP contribution in [0.3, 0.4) is 0 Å². The lowest BCUT2D eigenvalue weighted by atomic mass is 9.71. The van der Waals surface area contributed by atoms with E-state index in [4.69, 9.17) is 5.73 Å². The van der Waals surface area contributed by atoms with Crippen molar-refractivity contribution in [2.24, 2.45) is 17.1 Å². The lowest BCUT2D eigenvalue weighted by Gasteiger charge is -2.40. The number of methoxy groups -OCH3 is 1. The van der Waals surface area contributed by atoms with Crippen molar-refractivity contribution in [1.29, 1.82) is 0 Å². The number of ether oxygens (including phenoxy) is 1. The lowest BCUT2D eigenvalue weighted by Crippen LogP contribution is -2.41. The minimum atomic E-state index is -0.126. The van der Waals surface area contributed by atoms with Crippen LogP contribution in [0.25, 0.3) is 0 Å². The van der Waals surface area contributed by atoms with Crippen molar-refractivity contribution < 1.29 is 9.53 Å². The first kappa shape index (κ1) is 15.8. The number of rotatable bonds is 4. The molecular weight excluding hydrogens is 246 g/mol. The number of esters is 1. The molecule has 0 radical (unpaired) electrons. The molecule has 0 aromatic heterocycles. The average Bonchev–Trinajstić information content (AvgIpc) is 2.29. The Labute approximate surface area is 115 Å². The van der Waals surface area contributed by atoms with E-state index in [1.807, 2.05) is 11.8 Å². The molecule has 106 valence electrons. The van der Waals surface area contributed by atoms with E-state index in [-0.39, 0.29) is 12.0 Å². The van der Waals surface area contributed by atoms with E-state index in [0.29, 0.717) is 17.1 Å². The van der Waals surface area contributed by atoms with Gasteiger partial charge in [0, 0.05) is 17.0 Å². The summed E-state index contributed by atoms with van der Waals surface area (Å²) in [5, 5.41) is 0.493. The van der Waals surface area contributed by atoms with Crippen molar-refractivity contribution in [3.05, 3.63) is 0 Å². The molecule has 0 aromatic carbocycles. The third-order valence-corrected chi connectivity index (χ3v) is 5.34. The fourth-order valence-electron chi connectivity index (χ4n) is 2.53. The van der Waals surface area contributed by atoms with Crippen molar-refractivity contribution in [3.63, 3.8) is 0 Å². The lowest BCUT2D eigenvalue weighted by molar-refractivity contribution is -0.140. The first-order valence-electron chi connectivity index (χ1n) is 6.78. The smallest absolute Gasteiger partial charge is 0.306 e. The summed E-state index contributed by atoms with van der Waals surface area (Å²) in [6, 6.07) is 0.284. The Morgan fingerprint density at radius 1 is 1.39 bits per heavy atom.